The number of hydrogen-bond acceptors (Lipinski definition) is 15. The molecule has 17 nitrogen and oxygen atoms in total. The maximum absolute atomic E-state index is 14.0. The second kappa shape index (κ2) is 24.0. The van der Waals surface area contributed by atoms with Crippen LogP contribution in [0.5, 0.6) is 28.7 Å². The van der Waals surface area contributed by atoms with Crippen LogP contribution >= 0.6 is 23.2 Å². The smallest absolute Gasteiger partial charge is 0.408 e. The number of alkyl carbamates (subject to hydrolysis) is 1. The monoisotopic (exact) mass is 1130 g/mol. The van der Waals surface area contributed by atoms with Crippen molar-refractivity contribution in [3.63, 3.8) is 0 Å². The molecule has 3 amide bonds. The molecule has 0 aromatic heterocycles. The van der Waals surface area contributed by atoms with E-state index >= 15 is 0 Å². The molecule has 0 saturated carbocycles. The van der Waals surface area contributed by atoms with Crippen molar-refractivity contribution >= 4 is 69.7 Å². The summed E-state index contributed by atoms with van der Waals surface area (Å²) in [5.41, 5.74) is 0.241. The summed E-state index contributed by atoms with van der Waals surface area (Å²) < 4.78 is 48.7. The molecule has 0 unspecified atom stereocenters. The summed E-state index contributed by atoms with van der Waals surface area (Å²) in [7, 11) is -3.02. The molecule has 3 N–H and O–H groups in total. The van der Waals surface area contributed by atoms with Gasteiger partial charge in [-0.25, -0.2) is 14.4 Å². The Morgan fingerprint density at radius 2 is 1.13 bits per heavy atom. The van der Waals surface area contributed by atoms with Gasteiger partial charge in [-0.15, -0.1) is 0 Å². The third-order valence-electron chi connectivity index (χ3n) is 13.6. The summed E-state index contributed by atoms with van der Waals surface area (Å²) in [6.07, 6.45) is -4.67. The van der Waals surface area contributed by atoms with Crippen LogP contribution in [0.4, 0.5) is 4.79 Å². The highest BCUT2D eigenvalue weighted by molar-refractivity contribution is 6.74. The number of ether oxygens (including phenoxy) is 6. The molecule has 0 radical (unpaired) electrons. The van der Waals surface area contributed by atoms with Gasteiger partial charge in [0.2, 0.25) is 5.75 Å². The topological polar surface area (TPSA) is 215 Å². The van der Waals surface area contributed by atoms with E-state index < -0.39 is 94.1 Å². The molecule has 0 bridgehead atoms. The molecule has 1 aliphatic rings. The van der Waals surface area contributed by atoms with Crippen LogP contribution in [0, 0.1) is 0 Å². The lowest BCUT2D eigenvalue weighted by molar-refractivity contribution is -0.149. The predicted octanol–water partition coefficient (Wildman–Crippen LogP) is 12.0. The fraction of sp³-hybridized carbons (Fsp3) is 0.473. The summed E-state index contributed by atoms with van der Waals surface area (Å²) >= 11 is 14.1. The standard InChI is InChI=1S/C55H72Cl2N2O15Si2/c1-17-69-50(64)43(58-52(66)72-53(2,3)4)45(73-75(13,14)54(5,6)7)31-22-24-39(36(56)26-31)70-41-28-33(38(61)30-60)29-42(47(41)67-11)71-40-25-23-32(27-37(40)57)46(74-76(15,16)55(8,9)10)44(51(65)68-12)59-48(62)34-20-18-19-21-35(34)49(59)63/h18-29,38,43-46,60-61H,17,30H2,1-16H3,(H,58,66)/t38-,43-,44+,45-,46-/m1/s1. The van der Waals surface area contributed by atoms with Gasteiger partial charge in [-0.2, -0.15) is 0 Å². The normalized spacial score (nSPS) is 15.2. The second-order valence-corrected chi connectivity index (χ2v) is 32.6. The van der Waals surface area contributed by atoms with E-state index in [-0.39, 0.29) is 67.1 Å². The Balaban J connectivity index is 1.59. The number of carbonyl (C=O) groups excluding carboxylic acids is 5. The van der Waals surface area contributed by atoms with E-state index in [0.29, 0.717) is 11.1 Å². The largest absolute Gasteiger partial charge is 0.490 e. The van der Waals surface area contributed by atoms with Crippen LogP contribution in [0.15, 0.2) is 72.8 Å². The highest BCUT2D eigenvalue weighted by atomic mass is 35.5. The van der Waals surface area contributed by atoms with Crippen LogP contribution in [0.2, 0.25) is 46.3 Å². The van der Waals surface area contributed by atoms with E-state index in [1.807, 2.05) is 67.7 Å². The first-order valence-electron chi connectivity index (χ1n) is 24.7. The Morgan fingerprint density at radius 3 is 1.53 bits per heavy atom. The molecular formula is C55H72Cl2N2O15Si2. The van der Waals surface area contributed by atoms with Crippen molar-refractivity contribution < 1.29 is 71.5 Å². The fourth-order valence-electron chi connectivity index (χ4n) is 7.54. The zero-order chi connectivity index (χ0) is 57.0. The molecule has 0 spiro atoms. The van der Waals surface area contributed by atoms with Gasteiger partial charge in [-0.3, -0.25) is 14.5 Å². The number of fused-ring (bicyclic) bond motifs is 1. The SMILES string of the molecule is CCOC(=O)[C@H](NC(=O)OC(C)(C)C)[C@H](O[Si](C)(C)C(C)(C)C)c1ccc(Oc2cc([C@H](O)CO)cc(Oc3ccc([C@@H](O[Si](C)(C)C(C)(C)C)[C@@H](C(=O)OC)N4C(=O)c5ccccc5C4=O)cc3Cl)c2OC)c(Cl)c1. The average molecular weight is 1130 g/mol. The van der Waals surface area contributed by atoms with Crippen molar-refractivity contribution in [2.45, 2.75) is 141 Å². The van der Waals surface area contributed by atoms with E-state index in [2.05, 4.69) is 5.32 Å². The highest BCUT2D eigenvalue weighted by Gasteiger charge is 2.51. The maximum atomic E-state index is 14.0. The number of aliphatic hydroxyl groups is 2. The van der Waals surface area contributed by atoms with Crippen molar-refractivity contribution in [2.24, 2.45) is 0 Å². The van der Waals surface area contributed by atoms with Gasteiger partial charge in [0.05, 0.1) is 48.6 Å². The van der Waals surface area contributed by atoms with Crippen molar-refractivity contribution in [1.82, 2.24) is 10.2 Å². The molecule has 4 aromatic carbocycles. The van der Waals surface area contributed by atoms with Gasteiger partial charge < -0.3 is 52.8 Å². The Morgan fingerprint density at radius 1 is 0.671 bits per heavy atom. The van der Waals surface area contributed by atoms with E-state index in [4.69, 9.17) is 60.5 Å². The lowest BCUT2D eigenvalue weighted by Crippen LogP contribution is -2.53. The minimum Gasteiger partial charge on any atom is -0.490 e. The quantitative estimate of drug-likeness (QED) is 0.0325. The number of methoxy groups -OCH3 is 2. The number of amides is 3. The minimum absolute atomic E-state index is 0.000302. The number of rotatable bonds is 20. The molecule has 21 heteroatoms. The van der Waals surface area contributed by atoms with Crippen LogP contribution in [-0.4, -0.2) is 107 Å². The summed E-state index contributed by atoms with van der Waals surface area (Å²) in [5, 5.41) is 23.1. The van der Waals surface area contributed by atoms with Crippen molar-refractivity contribution in [3.8, 4) is 28.7 Å². The zero-order valence-electron chi connectivity index (χ0n) is 46.1. The minimum atomic E-state index is -2.83. The molecule has 5 rings (SSSR count). The summed E-state index contributed by atoms with van der Waals surface area (Å²) in [6.45, 7) is 26.1. The molecule has 0 fully saturated rings. The first kappa shape index (κ1) is 61.3. The van der Waals surface area contributed by atoms with Crippen molar-refractivity contribution in [3.05, 3.63) is 111 Å². The summed E-state index contributed by atoms with van der Waals surface area (Å²) in [4.78, 5) is 69.7. The second-order valence-electron chi connectivity index (χ2n) is 22.3. The van der Waals surface area contributed by atoms with Crippen LogP contribution < -0.4 is 19.5 Å². The van der Waals surface area contributed by atoms with Gasteiger partial charge >= 0.3 is 18.0 Å². The summed E-state index contributed by atoms with van der Waals surface area (Å²) in [6, 6.07) is 15.5. The molecule has 1 aliphatic heterocycles. The lowest BCUT2D eigenvalue weighted by Gasteiger charge is -2.42. The summed E-state index contributed by atoms with van der Waals surface area (Å²) in [5.74, 6) is -2.92. The fourth-order valence-corrected chi connectivity index (χ4v) is 10.5. The third kappa shape index (κ3) is 14.0. The number of carbonyl (C=O) groups is 5. The molecule has 5 atom stereocenters. The highest BCUT2D eigenvalue weighted by Crippen LogP contribution is 2.49. The Bertz CT molecular complexity index is 2770. The number of aliphatic hydroxyl groups excluding tert-OH is 2. The molecule has 76 heavy (non-hydrogen) atoms. The van der Waals surface area contributed by atoms with Crippen molar-refractivity contribution in [2.75, 3.05) is 27.4 Å². The number of imide groups is 1. The van der Waals surface area contributed by atoms with E-state index in [0.717, 1.165) is 12.0 Å². The van der Waals surface area contributed by atoms with Gasteiger partial charge in [0.1, 0.15) is 35.4 Å². The number of nitrogens with zero attached hydrogens (tertiary/aromatic N) is 1. The molecule has 1 heterocycles. The lowest BCUT2D eigenvalue weighted by atomic mass is 10.0. The number of nitrogens with one attached hydrogen (secondary N) is 1. The predicted molar refractivity (Wildman–Crippen MR) is 293 cm³/mol. The van der Waals surface area contributed by atoms with E-state index in [1.54, 1.807) is 52.0 Å². The third-order valence-corrected chi connectivity index (χ3v) is 23.1. The first-order valence-corrected chi connectivity index (χ1v) is 31.3. The number of halogens is 2. The maximum Gasteiger partial charge on any atom is 0.408 e. The zero-order valence-corrected chi connectivity index (χ0v) is 49.6. The number of hydrogen-bond donors (Lipinski definition) is 3. The van der Waals surface area contributed by atoms with Gasteiger partial charge in [-0.1, -0.05) is 89.0 Å². The Hall–Kier alpha value is -5.52. The molecular weight excluding hydrogens is 1060 g/mol. The van der Waals surface area contributed by atoms with Gasteiger partial charge in [0.15, 0.2) is 40.2 Å². The Kier molecular flexibility index (Phi) is 19.4. The van der Waals surface area contributed by atoms with Gasteiger partial charge in [-0.05, 0) is 129 Å². The molecule has 0 aliphatic carbocycles. The Labute approximate surface area is 457 Å². The van der Waals surface area contributed by atoms with E-state index in [1.165, 1.54) is 55.6 Å². The van der Waals surface area contributed by atoms with Crippen molar-refractivity contribution in [1.29, 1.82) is 0 Å². The first-order chi connectivity index (χ1) is 35.2. The van der Waals surface area contributed by atoms with Crippen LogP contribution in [-0.2, 0) is 32.7 Å². The molecule has 0 saturated heterocycles. The van der Waals surface area contributed by atoms with Crippen LogP contribution in [0.3, 0.4) is 0 Å². The molecule has 4 aromatic rings. The van der Waals surface area contributed by atoms with E-state index in [9.17, 15) is 34.2 Å². The number of esters is 2. The average Bonchev–Trinajstić information content (AvgIpc) is 3.57. The molecule has 414 valence electrons. The van der Waals surface area contributed by atoms with Gasteiger partial charge in [0, 0.05) is 0 Å². The number of benzene rings is 4. The van der Waals surface area contributed by atoms with Crippen LogP contribution in [0.1, 0.15) is 125 Å². The van der Waals surface area contributed by atoms with Gasteiger partial charge in [0.25, 0.3) is 11.8 Å². The van der Waals surface area contributed by atoms with Crippen LogP contribution in [0.25, 0.3) is 0 Å².